The van der Waals surface area contributed by atoms with E-state index >= 15 is 0 Å². The number of nitrogens with zero attached hydrogens (tertiary/aromatic N) is 3. The first kappa shape index (κ1) is 25.6. The first-order chi connectivity index (χ1) is 16.0. The fourth-order valence-corrected chi connectivity index (χ4v) is 4.01. The Labute approximate surface area is 194 Å². The van der Waals surface area contributed by atoms with Gasteiger partial charge in [0.1, 0.15) is 11.8 Å². The van der Waals surface area contributed by atoms with E-state index in [9.17, 15) is 27.2 Å². The third-order valence-electron chi connectivity index (χ3n) is 6.16. The van der Waals surface area contributed by atoms with Crippen molar-refractivity contribution < 1.29 is 36.7 Å². The summed E-state index contributed by atoms with van der Waals surface area (Å²) in [7, 11) is 1.08. The second-order valence-electron chi connectivity index (χ2n) is 8.73. The average molecular weight is 486 g/mol. The van der Waals surface area contributed by atoms with Gasteiger partial charge in [-0.15, -0.1) is 5.06 Å². The molecule has 186 valence electrons. The maximum Gasteiger partial charge on any atom is 0.426 e. The zero-order valence-corrected chi connectivity index (χ0v) is 18.6. The van der Waals surface area contributed by atoms with Crippen molar-refractivity contribution >= 4 is 12.0 Å². The fourth-order valence-electron chi connectivity index (χ4n) is 4.01. The van der Waals surface area contributed by atoms with Crippen LogP contribution < -0.4 is 10.1 Å². The van der Waals surface area contributed by atoms with Gasteiger partial charge in [-0.3, -0.25) is 9.69 Å². The minimum absolute atomic E-state index is 0.197. The van der Waals surface area contributed by atoms with Gasteiger partial charge in [-0.25, -0.2) is 13.6 Å². The predicted octanol–water partition coefficient (Wildman–Crippen LogP) is 3.68. The van der Waals surface area contributed by atoms with Crippen LogP contribution in [0, 0.1) is 16.9 Å². The van der Waals surface area contributed by atoms with Crippen LogP contribution in [0.4, 0.5) is 22.4 Å². The molecule has 1 spiro atoms. The molecular weight excluding hydrogens is 460 g/mol. The molecule has 1 saturated heterocycles. The topological polar surface area (TPSA) is 94.9 Å². The maximum absolute atomic E-state index is 14.9. The molecular formula is C22H26F4N4O4. The third kappa shape index (κ3) is 6.96. The van der Waals surface area contributed by atoms with Crippen molar-refractivity contribution in [3.05, 3.63) is 29.8 Å². The lowest BCUT2D eigenvalue weighted by molar-refractivity contribution is -0.136. The zero-order valence-electron chi connectivity index (χ0n) is 18.6. The number of hydroxylamine groups is 2. The van der Waals surface area contributed by atoms with E-state index in [0.29, 0.717) is 23.4 Å². The smallest absolute Gasteiger partial charge is 0.426 e. The molecule has 1 aliphatic heterocycles. The maximum atomic E-state index is 14.9. The van der Waals surface area contributed by atoms with Crippen molar-refractivity contribution in [1.82, 2.24) is 15.3 Å². The summed E-state index contributed by atoms with van der Waals surface area (Å²) in [6, 6.07) is 3.29. The van der Waals surface area contributed by atoms with E-state index < -0.39 is 49.2 Å². The van der Waals surface area contributed by atoms with Gasteiger partial charge in [0.2, 0.25) is 0 Å². The van der Waals surface area contributed by atoms with Crippen LogP contribution in [0.15, 0.2) is 24.3 Å². The fraction of sp³-hybridized carbons (Fsp3) is 0.591. The van der Waals surface area contributed by atoms with Crippen LogP contribution in [-0.4, -0.2) is 60.7 Å². The number of benzene rings is 1. The molecule has 3 rings (SSSR count). The van der Waals surface area contributed by atoms with Gasteiger partial charge >= 0.3 is 12.7 Å². The molecule has 2 amide bonds. The first-order valence-corrected chi connectivity index (χ1v) is 10.8. The standard InChI is InChI=1S/C22H26F4N4O4/c1-29(14-27)18(31)16(28-20(32)34-30-10-8-21(6-7-21)9-11-30)13-22(25,26)12-15-4-2-3-5-17(15)33-19(23)24/h2-5,16,19H,6-13H2,1H3,(H,28,32)/t16-/m0/s1. The van der Waals surface area contributed by atoms with Crippen molar-refractivity contribution in [2.24, 2.45) is 5.41 Å². The molecule has 1 aliphatic carbocycles. The van der Waals surface area contributed by atoms with Gasteiger partial charge < -0.3 is 14.9 Å². The van der Waals surface area contributed by atoms with E-state index in [2.05, 4.69) is 10.1 Å². The number of likely N-dealkylation sites (N-methyl/N-ethyl adjacent to an activating group) is 1. The Morgan fingerprint density at radius 3 is 2.47 bits per heavy atom. The number of nitrogens with one attached hydrogen (secondary N) is 1. The summed E-state index contributed by atoms with van der Waals surface area (Å²) in [5, 5.41) is 12.5. The summed E-state index contributed by atoms with van der Waals surface area (Å²) in [5.74, 6) is -5.10. The van der Waals surface area contributed by atoms with Crippen LogP contribution in [0.25, 0.3) is 0 Å². The number of amides is 2. The van der Waals surface area contributed by atoms with E-state index in [-0.39, 0.29) is 5.56 Å². The molecule has 0 unspecified atom stereocenters. The second-order valence-corrected chi connectivity index (χ2v) is 8.73. The molecule has 0 radical (unpaired) electrons. The van der Waals surface area contributed by atoms with Gasteiger partial charge in [0.05, 0.1) is 0 Å². The Hall–Kier alpha value is -3.07. The molecule has 8 nitrogen and oxygen atoms in total. The number of nitriles is 1. The number of halogens is 4. The minimum Gasteiger partial charge on any atom is -0.435 e. The number of rotatable bonds is 9. The van der Waals surface area contributed by atoms with Crippen LogP contribution in [0.2, 0.25) is 0 Å². The van der Waals surface area contributed by atoms with Crippen LogP contribution in [0.1, 0.15) is 37.7 Å². The zero-order chi connectivity index (χ0) is 24.9. The van der Waals surface area contributed by atoms with Gasteiger partial charge in [-0.1, -0.05) is 18.2 Å². The highest BCUT2D eigenvalue weighted by molar-refractivity contribution is 5.86. The third-order valence-corrected chi connectivity index (χ3v) is 6.16. The van der Waals surface area contributed by atoms with Gasteiger partial charge in [0.15, 0.2) is 6.19 Å². The molecule has 2 fully saturated rings. The van der Waals surface area contributed by atoms with E-state index in [1.165, 1.54) is 29.5 Å². The summed E-state index contributed by atoms with van der Waals surface area (Å²) in [6.45, 7) is -2.20. The van der Waals surface area contributed by atoms with Crippen molar-refractivity contribution in [1.29, 1.82) is 5.26 Å². The SMILES string of the molecule is CN(C#N)C(=O)[C@H](CC(F)(F)Cc1ccccc1OC(F)F)NC(=O)ON1CCC2(CC1)CC2. The first-order valence-electron chi connectivity index (χ1n) is 10.8. The number of hydrogen-bond acceptors (Lipinski definition) is 6. The minimum atomic E-state index is -3.62. The number of ether oxygens (including phenoxy) is 1. The highest BCUT2D eigenvalue weighted by Gasteiger charge is 2.45. The van der Waals surface area contributed by atoms with E-state index in [1.807, 2.05) is 0 Å². The summed E-state index contributed by atoms with van der Waals surface area (Å²) < 4.78 is 59.3. The van der Waals surface area contributed by atoms with E-state index in [0.717, 1.165) is 38.8 Å². The Morgan fingerprint density at radius 1 is 1.24 bits per heavy atom. The van der Waals surface area contributed by atoms with E-state index in [1.54, 1.807) is 0 Å². The number of para-hydroxylation sites is 1. The lowest BCUT2D eigenvalue weighted by Gasteiger charge is -2.31. The average Bonchev–Trinajstić information content (AvgIpc) is 3.53. The molecule has 1 saturated carbocycles. The summed E-state index contributed by atoms with van der Waals surface area (Å²) in [4.78, 5) is 30.6. The summed E-state index contributed by atoms with van der Waals surface area (Å²) in [6.07, 6.45) is 2.22. The molecule has 1 aromatic carbocycles. The molecule has 0 bridgehead atoms. The number of carbonyl (C=O) groups is 2. The molecule has 0 aromatic heterocycles. The van der Waals surface area contributed by atoms with Crippen molar-refractivity contribution in [2.75, 3.05) is 20.1 Å². The highest BCUT2D eigenvalue weighted by atomic mass is 19.3. The van der Waals surface area contributed by atoms with Gasteiger partial charge in [-0.05, 0) is 37.2 Å². The quantitative estimate of drug-likeness (QED) is 0.325. The lowest BCUT2D eigenvalue weighted by atomic mass is 9.95. The van der Waals surface area contributed by atoms with E-state index in [4.69, 9.17) is 10.1 Å². The Balaban J connectivity index is 1.65. The number of piperidine rings is 1. The number of alkyl halides is 4. The Kier molecular flexibility index (Phi) is 7.86. The molecule has 34 heavy (non-hydrogen) atoms. The van der Waals surface area contributed by atoms with Crippen LogP contribution >= 0.6 is 0 Å². The molecule has 12 heteroatoms. The molecule has 1 N–H and O–H groups in total. The molecule has 2 aliphatic rings. The largest absolute Gasteiger partial charge is 0.435 e. The van der Waals surface area contributed by atoms with Crippen molar-refractivity contribution in [3.63, 3.8) is 0 Å². The van der Waals surface area contributed by atoms with Crippen LogP contribution in [0.3, 0.4) is 0 Å². The van der Waals surface area contributed by atoms with Crippen molar-refractivity contribution in [2.45, 2.75) is 57.1 Å². The predicted molar refractivity (Wildman–Crippen MR) is 111 cm³/mol. The summed E-state index contributed by atoms with van der Waals surface area (Å²) in [5.41, 5.74) is 0.133. The van der Waals surface area contributed by atoms with Gasteiger partial charge in [-0.2, -0.15) is 14.0 Å². The highest BCUT2D eigenvalue weighted by Crippen LogP contribution is 2.53. The monoisotopic (exact) mass is 486 g/mol. The van der Waals surface area contributed by atoms with Crippen LogP contribution in [-0.2, 0) is 16.1 Å². The Bertz CT molecular complexity index is 926. The van der Waals surface area contributed by atoms with Crippen LogP contribution in [0.5, 0.6) is 5.75 Å². The van der Waals surface area contributed by atoms with Gasteiger partial charge in [0, 0.05) is 38.5 Å². The number of hydrogen-bond donors (Lipinski definition) is 1. The van der Waals surface area contributed by atoms with Crippen molar-refractivity contribution in [3.8, 4) is 11.9 Å². The molecule has 1 aromatic rings. The lowest BCUT2D eigenvalue weighted by Crippen LogP contribution is -2.50. The molecule has 1 atom stereocenters. The number of carbonyl (C=O) groups excluding carboxylic acids is 2. The normalized spacial score (nSPS) is 18.1. The summed E-state index contributed by atoms with van der Waals surface area (Å²) >= 11 is 0. The Morgan fingerprint density at radius 2 is 1.88 bits per heavy atom. The molecule has 1 heterocycles. The second kappa shape index (κ2) is 10.5. The van der Waals surface area contributed by atoms with Gasteiger partial charge in [0.25, 0.3) is 11.8 Å².